The standard InChI is InChI=1S/C15H13N3O3/c1-2-21-11-6-3-5-10(9-11)18-14-12(15(19)20)7-4-8-13(14)16-17-18/h3-9H,2H2,1H3,(H,19,20). The van der Waals surface area contributed by atoms with Crippen LogP contribution < -0.4 is 4.74 Å². The van der Waals surface area contributed by atoms with Crippen LogP contribution in [0.15, 0.2) is 42.5 Å². The van der Waals surface area contributed by atoms with E-state index in [1.54, 1.807) is 18.2 Å². The number of carbonyl (C=O) groups is 1. The van der Waals surface area contributed by atoms with Crippen LogP contribution in [0.5, 0.6) is 5.75 Å². The number of hydrogen-bond donors (Lipinski definition) is 1. The minimum absolute atomic E-state index is 0.166. The fourth-order valence-electron chi connectivity index (χ4n) is 2.20. The molecule has 2 aromatic carbocycles. The third-order valence-electron chi connectivity index (χ3n) is 3.07. The van der Waals surface area contributed by atoms with Gasteiger partial charge in [-0.15, -0.1) is 5.10 Å². The van der Waals surface area contributed by atoms with Crippen LogP contribution in [0.4, 0.5) is 0 Å². The Morgan fingerprint density at radius 3 is 2.86 bits per heavy atom. The maximum atomic E-state index is 11.4. The third kappa shape index (κ3) is 2.31. The second kappa shape index (κ2) is 5.24. The molecule has 21 heavy (non-hydrogen) atoms. The molecule has 1 heterocycles. The number of aromatic carboxylic acids is 1. The van der Waals surface area contributed by atoms with Gasteiger partial charge in [-0.1, -0.05) is 17.3 Å². The number of fused-ring (bicyclic) bond motifs is 1. The van der Waals surface area contributed by atoms with Crippen molar-refractivity contribution in [3.05, 3.63) is 48.0 Å². The van der Waals surface area contributed by atoms with Gasteiger partial charge in [0, 0.05) is 6.07 Å². The van der Waals surface area contributed by atoms with Crippen molar-refractivity contribution in [2.45, 2.75) is 6.92 Å². The van der Waals surface area contributed by atoms with E-state index in [9.17, 15) is 9.90 Å². The Morgan fingerprint density at radius 2 is 2.10 bits per heavy atom. The normalized spacial score (nSPS) is 10.7. The van der Waals surface area contributed by atoms with Crippen molar-refractivity contribution in [2.75, 3.05) is 6.61 Å². The molecule has 0 aliphatic rings. The first kappa shape index (κ1) is 13.1. The van der Waals surface area contributed by atoms with Gasteiger partial charge in [-0.2, -0.15) is 0 Å². The number of ether oxygens (including phenoxy) is 1. The summed E-state index contributed by atoms with van der Waals surface area (Å²) in [5, 5.41) is 17.4. The number of rotatable bonds is 4. The van der Waals surface area contributed by atoms with Crippen molar-refractivity contribution in [3.63, 3.8) is 0 Å². The summed E-state index contributed by atoms with van der Waals surface area (Å²) in [5.74, 6) is -0.309. The van der Waals surface area contributed by atoms with Gasteiger partial charge in [-0.05, 0) is 31.2 Å². The van der Waals surface area contributed by atoms with Gasteiger partial charge >= 0.3 is 5.97 Å². The van der Waals surface area contributed by atoms with Gasteiger partial charge in [-0.3, -0.25) is 0 Å². The molecule has 1 aromatic heterocycles. The first-order valence-electron chi connectivity index (χ1n) is 6.51. The van der Waals surface area contributed by atoms with Crippen LogP contribution in [-0.2, 0) is 0 Å². The quantitative estimate of drug-likeness (QED) is 0.796. The zero-order valence-electron chi connectivity index (χ0n) is 11.4. The van der Waals surface area contributed by atoms with Crippen LogP contribution in [-0.4, -0.2) is 32.7 Å². The molecule has 0 bridgehead atoms. The van der Waals surface area contributed by atoms with Crippen molar-refractivity contribution in [2.24, 2.45) is 0 Å². The minimum Gasteiger partial charge on any atom is -0.494 e. The molecule has 0 aliphatic carbocycles. The van der Waals surface area contributed by atoms with E-state index in [1.165, 1.54) is 10.7 Å². The largest absolute Gasteiger partial charge is 0.494 e. The average molecular weight is 283 g/mol. The first-order valence-corrected chi connectivity index (χ1v) is 6.51. The molecule has 0 saturated heterocycles. The van der Waals surface area contributed by atoms with Crippen LogP contribution in [0, 0.1) is 0 Å². The Hall–Kier alpha value is -2.89. The lowest BCUT2D eigenvalue weighted by Gasteiger charge is -2.07. The molecule has 0 saturated carbocycles. The number of carboxylic acids is 1. The molecule has 6 nitrogen and oxygen atoms in total. The molecule has 0 radical (unpaired) electrons. The van der Waals surface area contributed by atoms with Gasteiger partial charge in [0.2, 0.25) is 0 Å². The van der Waals surface area contributed by atoms with E-state index < -0.39 is 5.97 Å². The number of aromatic nitrogens is 3. The number of benzene rings is 2. The fraction of sp³-hybridized carbons (Fsp3) is 0.133. The smallest absolute Gasteiger partial charge is 0.337 e. The maximum Gasteiger partial charge on any atom is 0.337 e. The Balaban J connectivity index is 2.21. The van der Waals surface area contributed by atoms with Crippen molar-refractivity contribution in [1.29, 1.82) is 0 Å². The summed E-state index contributed by atoms with van der Waals surface area (Å²) >= 11 is 0. The zero-order chi connectivity index (χ0) is 14.8. The Bertz CT molecular complexity index is 811. The summed E-state index contributed by atoms with van der Waals surface area (Å²) in [7, 11) is 0. The van der Waals surface area contributed by atoms with Crippen molar-refractivity contribution < 1.29 is 14.6 Å². The molecule has 106 valence electrons. The summed E-state index contributed by atoms with van der Waals surface area (Å²) in [5.41, 5.74) is 1.88. The monoisotopic (exact) mass is 283 g/mol. The van der Waals surface area contributed by atoms with Crippen LogP contribution in [0.3, 0.4) is 0 Å². The second-order valence-corrected chi connectivity index (χ2v) is 4.41. The molecule has 0 unspecified atom stereocenters. The summed E-state index contributed by atoms with van der Waals surface area (Å²) in [6, 6.07) is 12.2. The lowest BCUT2D eigenvalue weighted by molar-refractivity contribution is 0.0698. The molecule has 3 aromatic rings. The zero-order valence-corrected chi connectivity index (χ0v) is 11.4. The van der Waals surface area contributed by atoms with Crippen LogP contribution in [0.1, 0.15) is 17.3 Å². The van der Waals surface area contributed by atoms with Crippen molar-refractivity contribution in [3.8, 4) is 11.4 Å². The summed E-state index contributed by atoms with van der Waals surface area (Å²) in [6.07, 6.45) is 0. The fourth-order valence-corrected chi connectivity index (χ4v) is 2.20. The number of hydrogen-bond acceptors (Lipinski definition) is 4. The summed E-state index contributed by atoms with van der Waals surface area (Å²) < 4.78 is 6.97. The predicted molar refractivity (Wildman–Crippen MR) is 77.0 cm³/mol. The lowest BCUT2D eigenvalue weighted by atomic mass is 10.2. The summed E-state index contributed by atoms with van der Waals surface area (Å²) in [6.45, 7) is 2.46. The topological polar surface area (TPSA) is 77.2 Å². The molecule has 0 amide bonds. The third-order valence-corrected chi connectivity index (χ3v) is 3.07. The molecular formula is C15H13N3O3. The van der Waals surface area contributed by atoms with Gasteiger partial charge in [0.05, 0.1) is 17.9 Å². The second-order valence-electron chi connectivity index (χ2n) is 4.41. The molecular weight excluding hydrogens is 270 g/mol. The van der Waals surface area contributed by atoms with E-state index in [-0.39, 0.29) is 5.56 Å². The first-order chi connectivity index (χ1) is 10.2. The van der Waals surface area contributed by atoms with Gasteiger partial charge in [0.1, 0.15) is 16.8 Å². The van der Waals surface area contributed by atoms with Crippen molar-refractivity contribution >= 4 is 17.0 Å². The van der Waals surface area contributed by atoms with Gasteiger partial charge in [0.15, 0.2) is 0 Å². The van der Waals surface area contributed by atoms with E-state index in [2.05, 4.69) is 10.3 Å². The van der Waals surface area contributed by atoms with E-state index in [0.717, 1.165) is 0 Å². The van der Waals surface area contributed by atoms with Gasteiger partial charge in [-0.25, -0.2) is 9.48 Å². The molecule has 6 heteroatoms. The molecule has 0 aliphatic heterocycles. The Morgan fingerprint density at radius 1 is 1.29 bits per heavy atom. The van der Waals surface area contributed by atoms with E-state index in [1.807, 2.05) is 25.1 Å². The maximum absolute atomic E-state index is 11.4. The molecule has 0 fully saturated rings. The summed E-state index contributed by atoms with van der Waals surface area (Å²) in [4.78, 5) is 11.4. The molecule has 3 rings (SSSR count). The molecule has 0 spiro atoms. The molecule has 1 N–H and O–H groups in total. The van der Waals surface area contributed by atoms with Crippen LogP contribution in [0.25, 0.3) is 16.7 Å². The number of nitrogens with zero attached hydrogens (tertiary/aromatic N) is 3. The lowest BCUT2D eigenvalue weighted by Crippen LogP contribution is -2.03. The van der Waals surface area contributed by atoms with E-state index in [0.29, 0.717) is 29.1 Å². The van der Waals surface area contributed by atoms with Crippen LogP contribution >= 0.6 is 0 Å². The Kier molecular flexibility index (Phi) is 3.27. The van der Waals surface area contributed by atoms with E-state index >= 15 is 0 Å². The van der Waals surface area contributed by atoms with Gasteiger partial charge in [0.25, 0.3) is 0 Å². The predicted octanol–water partition coefficient (Wildman–Crippen LogP) is 2.52. The van der Waals surface area contributed by atoms with Crippen LogP contribution in [0.2, 0.25) is 0 Å². The highest BCUT2D eigenvalue weighted by Crippen LogP contribution is 2.23. The molecule has 0 atom stereocenters. The highest BCUT2D eigenvalue weighted by atomic mass is 16.5. The average Bonchev–Trinajstić information content (AvgIpc) is 2.91. The van der Waals surface area contributed by atoms with Gasteiger partial charge < -0.3 is 9.84 Å². The SMILES string of the molecule is CCOc1cccc(-n2nnc3cccc(C(=O)O)c32)c1. The van der Waals surface area contributed by atoms with E-state index in [4.69, 9.17) is 4.74 Å². The number of para-hydroxylation sites is 1. The van der Waals surface area contributed by atoms with Crippen molar-refractivity contribution in [1.82, 2.24) is 15.0 Å². The minimum atomic E-state index is -1.01. The highest BCUT2D eigenvalue weighted by molar-refractivity contribution is 6.01. The Labute approximate surface area is 120 Å². The number of carboxylic acid groups (broad SMARTS) is 1. The highest BCUT2D eigenvalue weighted by Gasteiger charge is 2.15.